The lowest BCUT2D eigenvalue weighted by Crippen LogP contribution is -2.46. The molecule has 84 valence electrons. The smallest absolute Gasteiger partial charge is 0.0589 e. The molecule has 4 heteroatoms. The summed E-state index contributed by atoms with van der Waals surface area (Å²) in [5, 5.41) is 8.96. The number of methoxy groups -OCH3 is 1. The zero-order valence-electron chi connectivity index (χ0n) is 8.98. The van der Waals surface area contributed by atoms with E-state index in [2.05, 4.69) is 4.90 Å². The molecule has 0 aromatic heterocycles. The molecule has 1 rings (SSSR count). The summed E-state index contributed by atoms with van der Waals surface area (Å²) in [6.07, 6.45) is 3.48. The number of nitrogens with two attached hydrogens (primary N) is 1. The Balaban J connectivity index is 2.39. The number of rotatable bonds is 6. The Morgan fingerprint density at radius 2 is 2.21 bits per heavy atom. The van der Waals surface area contributed by atoms with Gasteiger partial charge >= 0.3 is 0 Å². The summed E-state index contributed by atoms with van der Waals surface area (Å²) in [5.74, 6) is 0. The van der Waals surface area contributed by atoms with Crippen LogP contribution in [-0.4, -0.2) is 55.5 Å². The summed E-state index contributed by atoms with van der Waals surface area (Å²) >= 11 is 0. The van der Waals surface area contributed by atoms with Crippen molar-refractivity contribution in [3.05, 3.63) is 0 Å². The van der Waals surface area contributed by atoms with Crippen molar-refractivity contribution >= 4 is 0 Å². The highest BCUT2D eigenvalue weighted by molar-refractivity contribution is 4.87. The normalized spacial score (nSPS) is 27.4. The summed E-state index contributed by atoms with van der Waals surface area (Å²) in [6, 6.07) is 0.718. The molecule has 2 atom stereocenters. The predicted octanol–water partition coefficient (Wildman–Crippen LogP) is -0.193. The standard InChI is InChI=1S/C10H22N2O2/c1-14-8-6-12(5-7-13)10-4-2-3-9(10)11/h9-10,13H,2-8,11H2,1H3. The van der Waals surface area contributed by atoms with E-state index in [1.165, 1.54) is 6.42 Å². The minimum absolute atomic E-state index is 0.201. The van der Waals surface area contributed by atoms with Crippen molar-refractivity contribution < 1.29 is 9.84 Å². The van der Waals surface area contributed by atoms with Crippen molar-refractivity contribution in [1.29, 1.82) is 0 Å². The first kappa shape index (κ1) is 11.9. The van der Waals surface area contributed by atoms with E-state index in [9.17, 15) is 0 Å². The number of aliphatic hydroxyl groups excluding tert-OH is 1. The largest absolute Gasteiger partial charge is 0.395 e. The zero-order valence-corrected chi connectivity index (χ0v) is 8.98. The second-order valence-electron chi connectivity index (χ2n) is 3.91. The SMILES string of the molecule is COCCN(CCO)C1CCCC1N. The number of aliphatic hydroxyl groups is 1. The molecule has 0 aromatic rings. The van der Waals surface area contributed by atoms with Gasteiger partial charge in [-0.3, -0.25) is 4.90 Å². The van der Waals surface area contributed by atoms with Gasteiger partial charge in [0.25, 0.3) is 0 Å². The Labute approximate surface area is 86.0 Å². The molecule has 0 amide bonds. The van der Waals surface area contributed by atoms with Crippen molar-refractivity contribution in [1.82, 2.24) is 4.90 Å². The van der Waals surface area contributed by atoms with Crippen molar-refractivity contribution in [3.8, 4) is 0 Å². The van der Waals surface area contributed by atoms with Gasteiger partial charge < -0.3 is 15.6 Å². The van der Waals surface area contributed by atoms with E-state index in [1.807, 2.05) is 0 Å². The fourth-order valence-corrected chi connectivity index (χ4v) is 2.20. The molecular weight excluding hydrogens is 180 g/mol. The number of nitrogens with zero attached hydrogens (tertiary/aromatic N) is 1. The highest BCUT2D eigenvalue weighted by Gasteiger charge is 2.28. The lowest BCUT2D eigenvalue weighted by atomic mass is 10.1. The average Bonchev–Trinajstić information content (AvgIpc) is 2.59. The van der Waals surface area contributed by atoms with Gasteiger partial charge in [0, 0.05) is 32.3 Å². The Morgan fingerprint density at radius 1 is 1.43 bits per heavy atom. The molecule has 2 unspecified atom stereocenters. The molecular formula is C10H22N2O2. The fourth-order valence-electron chi connectivity index (χ4n) is 2.20. The molecule has 0 radical (unpaired) electrons. The van der Waals surface area contributed by atoms with Gasteiger partial charge in [0.2, 0.25) is 0 Å². The number of ether oxygens (including phenoxy) is 1. The first-order valence-electron chi connectivity index (χ1n) is 5.39. The highest BCUT2D eigenvalue weighted by atomic mass is 16.5. The third-order valence-corrected chi connectivity index (χ3v) is 2.97. The van der Waals surface area contributed by atoms with Gasteiger partial charge in [0.1, 0.15) is 0 Å². The van der Waals surface area contributed by atoms with E-state index >= 15 is 0 Å². The van der Waals surface area contributed by atoms with Gasteiger partial charge in [-0.2, -0.15) is 0 Å². The lowest BCUT2D eigenvalue weighted by Gasteiger charge is -2.30. The van der Waals surface area contributed by atoms with Gasteiger partial charge in [-0.05, 0) is 12.8 Å². The van der Waals surface area contributed by atoms with Crippen LogP contribution in [-0.2, 0) is 4.74 Å². The van der Waals surface area contributed by atoms with E-state index in [-0.39, 0.29) is 12.6 Å². The molecule has 4 nitrogen and oxygen atoms in total. The molecule has 0 spiro atoms. The summed E-state index contributed by atoms with van der Waals surface area (Å²) in [6.45, 7) is 2.49. The van der Waals surface area contributed by atoms with Crippen molar-refractivity contribution in [2.45, 2.75) is 31.3 Å². The van der Waals surface area contributed by atoms with Crippen LogP contribution >= 0.6 is 0 Å². The van der Waals surface area contributed by atoms with Crippen molar-refractivity contribution in [2.24, 2.45) is 5.73 Å². The molecule has 0 aliphatic heterocycles. The van der Waals surface area contributed by atoms with Crippen molar-refractivity contribution in [3.63, 3.8) is 0 Å². The van der Waals surface area contributed by atoms with Crippen LogP contribution in [0.2, 0.25) is 0 Å². The second kappa shape index (κ2) is 6.35. The van der Waals surface area contributed by atoms with Gasteiger partial charge in [0.05, 0.1) is 13.2 Å². The first-order valence-corrected chi connectivity index (χ1v) is 5.39. The first-order chi connectivity index (χ1) is 6.79. The molecule has 0 bridgehead atoms. The maximum atomic E-state index is 8.96. The summed E-state index contributed by atoms with van der Waals surface area (Å²) in [4.78, 5) is 2.25. The fraction of sp³-hybridized carbons (Fsp3) is 1.00. The van der Waals surface area contributed by atoms with Crippen LogP contribution in [0.15, 0.2) is 0 Å². The third kappa shape index (κ3) is 3.20. The number of hydrogen-bond acceptors (Lipinski definition) is 4. The molecule has 1 aliphatic rings. The van der Waals surface area contributed by atoms with Gasteiger partial charge in [-0.1, -0.05) is 6.42 Å². The zero-order chi connectivity index (χ0) is 10.4. The lowest BCUT2D eigenvalue weighted by molar-refractivity contribution is 0.0974. The molecule has 0 aromatic carbocycles. The Kier molecular flexibility index (Phi) is 5.40. The second-order valence-corrected chi connectivity index (χ2v) is 3.91. The van der Waals surface area contributed by atoms with Crippen LogP contribution in [0.5, 0.6) is 0 Å². The molecule has 1 saturated carbocycles. The summed E-state index contributed by atoms with van der Waals surface area (Å²) in [7, 11) is 1.70. The van der Waals surface area contributed by atoms with Crippen LogP contribution in [0.25, 0.3) is 0 Å². The molecule has 0 heterocycles. The quantitative estimate of drug-likeness (QED) is 0.626. The minimum atomic E-state index is 0.201. The van der Waals surface area contributed by atoms with E-state index in [1.54, 1.807) is 7.11 Å². The number of hydrogen-bond donors (Lipinski definition) is 2. The van der Waals surface area contributed by atoms with Gasteiger partial charge in [0.15, 0.2) is 0 Å². The van der Waals surface area contributed by atoms with E-state index in [4.69, 9.17) is 15.6 Å². The van der Waals surface area contributed by atoms with Crippen LogP contribution < -0.4 is 5.73 Å². The predicted molar refractivity (Wildman–Crippen MR) is 56.1 cm³/mol. The third-order valence-electron chi connectivity index (χ3n) is 2.97. The molecule has 3 N–H and O–H groups in total. The van der Waals surface area contributed by atoms with E-state index in [0.717, 1.165) is 19.4 Å². The average molecular weight is 202 g/mol. The van der Waals surface area contributed by atoms with Gasteiger partial charge in [-0.25, -0.2) is 0 Å². The van der Waals surface area contributed by atoms with E-state index in [0.29, 0.717) is 19.2 Å². The monoisotopic (exact) mass is 202 g/mol. The Morgan fingerprint density at radius 3 is 2.71 bits per heavy atom. The molecule has 1 fully saturated rings. The molecule has 14 heavy (non-hydrogen) atoms. The molecule has 1 aliphatic carbocycles. The van der Waals surface area contributed by atoms with Crippen LogP contribution in [0, 0.1) is 0 Å². The topological polar surface area (TPSA) is 58.7 Å². The van der Waals surface area contributed by atoms with Crippen LogP contribution in [0.4, 0.5) is 0 Å². The van der Waals surface area contributed by atoms with Crippen molar-refractivity contribution in [2.75, 3.05) is 33.4 Å². The van der Waals surface area contributed by atoms with Crippen LogP contribution in [0.1, 0.15) is 19.3 Å². The van der Waals surface area contributed by atoms with Gasteiger partial charge in [-0.15, -0.1) is 0 Å². The van der Waals surface area contributed by atoms with E-state index < -0.39 is 0 Å². The minimum Gasteiger partial charge on any atom is -0.395 e. The highest BCUT2D eigenvalue weighted by Crippen LogP contribution is 2.22. The Hall–Kier alpha value is -0.160. The van der Waals surface area contributed by atoms with Crippen LogP contribution in [0.3, 0.4) is 0 Å². The summed E-state index contributed by atoms with van der Waals surface area (Å²) < 4.78 is 5.05. The maximum absolute atomic E-state index is 8.96. The molecule has 0 saturated heterocycles. The maximum Gasteiger partial charge on any atom is 0.0589 e. The summed E-state index contributed by atoms with van der Waals surface area (Å²) in [5.41, 5.74) is 6.02. The Bertz CT molecular complexity index is 155.